The lowest BCUT2D eigenvalue weighted by atomic mass is 10.2. The summed E-state index contributed by atoms with van der Waals surface area (Å²) in [5.41, 5.74) is 3.13. The predicted octanol–water partition coefficient (Wildman–Crippen LogP) is 3.84. The van der Waals surface area contributed by atoms with Crippen LogP contribution in [-0.4, -0.2) is 18.0 Å². The number of amides is 2. The van der Waals surface area contributed by atoms with E-state index < -0.39 is 11.8 Å². The second kappa shape index (κ2) is 8.10. The van der Waals surface area contributed by atoms with Crippen molar-refractivity contribution in [2.24, 2.45) is 5.10 Å². The fraction of sp³-hybridized carbons (Fsp3) is 0. The first-order chi connectivity index (χ1) is 11.0. The minimum atomic E-state index is -0.901. The van der Waals surface area contributed by atoms with E-state index in [0.717, 1.165) is 4.47 Å². The van der Waals surface area contributed by atoms with Crippen LogP contribution in [0.1, 0.15) is 5.56 Å². The number of anilines is 1. The zero-order valence-corrected chi connectivity index (χ0v) is 14.6. The van der Waals surface area contributed by atoms with Gasteiger partial charge in [0.05, 0.1) is 16.3 Å². The lowest BCUT2D eigenvalue weighted by Gasteiger charge is -2.04. The maximum Gasteiger partial charge on any atom is 0.329 e. The molecule has 0 bridgehead atoms. The number of benzene rings is 2. The summed E-state index contributed by atoms with van der Waals surface area (Å²) in [6.07, 6.45) is 1.30. The minimum Gasteiger partial charge on any atom is -0.318 e. The molecule has 0 unspecified atom stereocenters. The molecule has 118 valence electrons. The van der Waals surface area contributed by atoms with Crippen LogP contribution in [0.4, 0.5) is 5.69 Å². The molecular weight excluding hydrogens is 405 g/mol. The first-order valence-corrected chi connectivity index (χ1v) is 7.86. The van der Waals surface area contributed by atoms with Gasteiger partial charge in [0.25, 0.3) is 0 Å². The molecule has 2 rings (SSSR count). The zero-order valence-electron chi connectivity index (χ0n) is 11.5. The molecule has 23 heavy (non-hydrogen) atoms. The van der Waals surface area contributed by atoms with E-state index in [-0.39, 0.29) is 0 Å². The average molecular weight is 415 g/mol. The number of hydrazone groups is 1. The highest BCUT2D eigenvalue weighted by atomic mass is 79.9. The Hall–Kier alpha value is -1.89. The Morgan fingerprint density at radius 3 is 2.43 bits per heavy atom. The van der Waals surface area contributed by atoms with E-state index in [2.05, 4.69) is 31.8 Å². The average Bonchev–Trinajstić information content (AvgIpc) is 2.53. The van der Waals surface area contributed by atoms with Gasteiger partial charge < -0.3 is 5.32 Å². The summed E-state index contributed by atoms with van der Waals surface area (Å²) in [6, 6.07) is 11.8. The number of carbonyl (C=O) groups excluding carboxylic acids is 2. The Kier molecular flexibility index (Phi) is 6.15. The molecule has 2 N–H and O–H groups in total. The zero-order chi connectivity index (χ0) is 16.8. The second-order valence-electron chi connectivity index (χ2n) is 4.30. The Labute approximate surface area is 150 Å². The van der Waals surface area contributed by atoms with Gasteiger partial charge in [-0.05, 0) is 30.3 Å². The predicted molar refractivity (Wildman–Crippen MR) is 95.0 cm³/mol. The Morgan fingerprint density at radius 2 is 1.74 bits per heavy atom. The topological polar surface area (TPSA) is 70.6 Å². The van der Waals surface area contributed by atoms with Crippen molar-refractivity contribution in [1.82, 2.24) is 5.43 Å². The summed E-state index contributed by atoms with van der Waals surface area (Å²) in [4.78, 5) is 23.4. The van der Waals surface area contributed by atoms with E-state index in [1.54, 1.807) is 42.5 Å². The summed E-state index contributed by atoms with van der Waals surface area (Å²) in [5.74, 6) is -1.73. The number of hydrogen-bond acceptors (Lipinski definition) is 3. The van der Waals surface area contributed by atoms with Gasteiger partial charge in [-0.15, -0.1) is 0 Å². The van der Waals surface area contributed by atoms with E-state index in [1.165, 1.54) is 6.21 Å². The normalized spacial score (nSPS) is 10.6. The highest BCUT2D eigenvalue weighted by Crippen LogP contribution is 2.24. The van der Waals surface area contributed by atoms with Crippen molar-refractivity contribution < 1.29 is 9.59 Å². The van der Waals surface area contributed by atoms with E-state index in [4.69, 9.17) is 23.2 Å². The SMILES string of the molecule is O=C(N/N=C\c1cccc(Cl)c1Cl)C(=O)Nc1ccc(Br)cc1. The highest BCUT2D eigenvalue weighted by Gasteiger charge is 2.12. The third-order valence-electron chi connectivity index (χ3n) is 2.66. The Morgan fingerprint density at radius 1 is 1.04 bits per heavy atom. The molecule has 0 atom stereocenters. The van der Waals surface area contributed by atoms with E-state index >= 15 is 0 Å². The monoisotopic (exact) mass is 413 g/mol. The van der Waals surface area contributed by atoms with Crippen LogP contribution in [0.3, 0.4) is 0 Å². The molecule has 5 nitrogen and oxygen atoms in total. The molecule has 0 aliphatic heterocycles. The van der Waals surface area contributed by atoms with Crippen molar-refractivity contribution in [2.45, 2.75) is 0 Å². The van der Waals surface area contributed by atoms with Crippen molar-refractivity contribution in [1.29, 1.82) is 0 Å². The van der Waals surface area contributed by atoms with Crippen LogP contribution in [0.5, 0.6) is 0 Å². The molecule has 0 aliphatic carbocycles. The molecule has 8 heteroatoms. The summed E-state index contributed by atoms with van der Waals surface area (Å²) >= 11 is 15.1. The van der Waals surface area contributed by atoms with Gasteiger partial charge in [-0.2, -0.15) is 5.10 Å². The third-order valence-corrected chi connectivity index (χ3v) is 4.02. The number of rotatable bonds is 3. The molecule has 0 saturated carbocycles. The van der Waals surface area contributed by atoms with Crippen LogP contribution in [0.15, 0.2) is 52.0 Å². The number of carbonyl (C=O) groups is 2. The molecular formula is C15H10BrCl2N3O2. The largest absolute Gasteiger partial charge is 0.329 e. The van der Waals surface area contributed by atoms with Gasteiger partial charge in [0.15, 0.2) is 0 Å². The van der Waals surface area contributed by atoms with Gasteiger partial charge in [-0.1, -0.05) is 51.3 Å². The molecule has 0 spiro atoms. The number of halogens is 3. The van der Waals surface area contributed by atoms with Crippen LogP contribution in [-0.2, 0) is 9.59 Å². The summed E-state index contributed by atoms with van der Waals surface area (Å²) in [6.45, 7) is 0. The fourth-order valence-electron chi connectivity index (χ4n) is 1.55. The summed E-state index contributed by atoms with van der Waals surface area (Å²) in [5, 5.41) is 6.81. The molecule has 0 aliphatic rings. The van der Waals surface area contributed by atoms with Gasteiger partial charge in [0, 0.05) is 15.7 Å². The third kappa shape index (κ3) is 5.06. The molecule has 2 amide bonds. The van der Waals surface area contributed by atoms with E-state index in [9.17, 15) is 9.59 Å². The van der Waals surface area contributed by atoms with Crippen LogP contribution < -0.4 is 10.7 Å². The van der Waals surface area contributed by atoms with Crippen molar-refractivity contribution >= 4 is 62.8 Å². The molecule has 0 saturated heterocycles. The lowest BCUT2D eigenvalue weighted by molar-refractivity contribution is -0.136. The first-order valence-electron chi connectivity index (χ1n) is 6.31. The van der Waals surface area contributed by atoms with Gasteiger partial charge in [-0.3, -0.25) is 9.59 Å². The van der Waals surface area contributed by atoms with Crippen molar-refractivity contribution in [3.05, 3.63) is 62.5 Å². The van der Waals surface area contributed by atoms with Gasteiger partial charge in [0.1, 0.15) is 0 Å². The molecule has 0 radical (unpaired) electrons. The van der Waals surface area contributed by atoms with Crippen LogP contribution in [0, 0.1) is 0 Å². The van der Waals surface area contributed by atoms with E-state index in [1.807, 2.05) is 0 Å². The second-order valence-corrected chi connectivity index (χ2v) is 6.00. The van der Waals surface area contributed by atoms with Crippen LogP contribution >= 0.6 is 39.1 Å². The van der Waals surface area contributed by atoms with Crippen molar-refractivity contribution in [3.8, 4) is 0 Å². The molecule has 0 heterocycles. The Bertz CT molecular complexity index is 764. The maximum atomic E-state index is 11.7. The number of nitrogens with zero attached hydrogens (tertiary/aromatic N) is 1. The van der Waals surface area contributed by atoms with Gasteiger partial charge >= 0.3 is 11.8 Å². The van der Waals surface area contributed by atoms with Crippen LogP contribution in [0.2, 0.25) is 10.0 Å². The minimum absolute atomic E-state index is 0.312. The smallest absolute Gasteiger partial charge is 0.318 e. The molecule has 2 aromatic carbocycles. The maximum absolute atomic E-state index is 11.7. The van der Waals surface area contributed by atoms with Gasteiger partial charge in [-0.25, -0.2) is 5.43 Å². The standard InChI is InChI=1S/C15H10BrCl2N3O2/c16-10-4-6-11(7-5-10)20-14(22)15(23)21-19-8-9-2-1-3-12(17)13(9)18/h1-8H,(H,20,22)(H,21,23)/b19-8-. The quantitative estimate of drug-likeness (QED) is 0.455. The molecule has 0 fully saturated rings. The fourth-order valence-corrected chi connectivity index (χ4v) is 2.17. The van der Waals surface area contributed by atoms with Crippen molar-refractivity contribution in [3.63, 3.8) is 0 Å². The lowest BCUT2D eigenvalue weighted by Crippen LogP contribution is -2.32. The number of nitrogens with one attached hydrogen (secondary N) is 2. The Balaban J connectivity index is 1.93. The number of hydrogen-bond donors (Lipinski definition) is 2. The molecule has 2 aromatic rings. The summed E-state index contributed by atoms with van der Waals surface area (Å²) in [7, 11) is 0. The van der Waals surface area contributed by atoms with E-state index in [0.29, 0.717) is 21.3 Å². The van der Waals surface area contributed by atoms with Gasteiger partial charge in [0.2, 0.25) is 0 Å². The first kappa shape index (κ1) is 17.5. The molecule has 0 aromatic heterocycles. The highest BCUT2D eigenvalue weighted by molar-refractivity contribution is 9.10. The summed E-state index contributed by atoms with van der Waals surface area (Å²) < 4.78 is 0.864. The van der Waals surface area contributed by atoms with Crippen LogP contribution in [0.25, 0.3) is 0 Å². The van der Waals surface area contributed by atoms with Crippen molar-refractivity contribution in [2.75, 3.05) is 5.32 Å².